The molecular weight excluding hydrogens is 224 g/mol. The second-order valence-corrected chi connectivity index (χ2v) is 5.37. The van der Waals surface area contributed by atoms with E-state index in [4.69, 9.17) is 4.74 Å². The van der Waals surface area contributed by atoms with Gasteiger partial charge >= 0.3 is 5.97 Å². The maximum atomic E-state index is 11.8. The van der Waals surface area contributed by atoms with Crippen LogP contribution < -0.4 is 0 Å². The van der Waals surface area contributed by atoms with Crippen LogP contribution in [0.4, 0.5) is 0 Å². The zero-order valence-electron chi connectivity index (χ0n) is 11.1. The van der Waals surface area contributed by atoms with Gasteiger partial charge in [-0.1, -0.05) is 56.5 Å². The first-order valence-corrected chi connectivity index (χ1v) is 6.95. The molecule has 2 nitrogen and oxygen atoms in total. The molecule has 1 aliphatic rings. The SMILES string of the molecule is CC1CCCCC1CC(=O)OCc1ccccc1. The Bertz CT molecular complexity index is 372. The van der Waals surface area contributed by atoms with Gasteiger partial charge in [0.15, 0.2) is 0 Å². The average molecular weight is 246 g/mol. The summed E-state index contributed by atoms with van der Waals surface area (Å²) in [4.78, 5) is 11.8. The molecular formula is C16H22O2. The third-order valence-electron chi connectivity index (χ3n) is 3.96. The summed E-state index contributed by atoms with van der Waals surface area (Å²) in [5.41, 5.74) is 1.06. The Morgan fingerprint density at radius 1 is 1.22 bits per heavy atom. The number of carbonyl (C=O) groups is 1. The first-order valence-electron chi connectivity index (χ1n) is 6.95. The van der Waals surface area contributed by atoms with Crippen LogP contribution in [0, 0.1) is 11.8 Å². The molecule has 0 aliphatic heterocycles. The van der Waals surface area contributed by atoms with Crippen LogP contribution in [0.1, 0.15) is 44.6 Å². The van der Waals surface area contributed by atoms with E-state index >= 15 is 0 Å². The zero-order chi connectivity index (χ0) is 12.8. The number of benzene rings is 1. The molecule has 0 N–H and O–H groups in total. The first-order chi connectivity index (χ1) is 8.75. The van der Waals surface area contributed by atoms with Crippen LogP contribution in [-0.2, 0) is 16.1 Å². The minimum atomic E-state index is -0.0439. The summed E-state index contributed by atoms with van der Waals surface area (Å²) in [6, 6.07) is 9.86. The van der Waals surface area contributed by atoms with E-state index in [0.29, 0.717) is 24.9 Å². The maximum absolute atomic E-state index is 11.8. The summed E-state index contributed by atoms with van der Waals surface area (Å²) >= 11 is 0. The summed E-state index contributed by atoms with van der Waals surface area (Å²) in [6.45, 7) is 2.66. The molecule has 1 fully saturated rings. The normalized spacial score (nSPS) is 23.6. The van der Waals surface area contributed by atoms with Gasteiger partial charge in [-0.15, -0.1) is 0 Å². The van der Waals surface area contributed by atoms with Crippen molar-refractivity contribution in [1.82, 2.24) is 0 Å². The topological polar surface area (TPSA) is 26.3 Å². The molecule has 98 valence electrons. The van der Waals surface area contributed by atoms with E-state index in [1.165, 1.54) is 25.7 Å². The molecule has 0 saturated heterocycles. The molecule has 18 heavy (non-hydrogen) atoms. The number of hydrogen-bond donors (Lipinski definition) is 0. The Morgan fingerprint density at radius 3 is 2.67 bits per heavy atom. The van der Waals surface area contributed by atoms with Crippen molar-refractivity contribution in [3.8, 4) is 0 Å². The molecule has 2 unspecified atom stereocenters. The van der Waals surface area contributed by atoms with Crippen LogP contribution in [0.2, 0.25) is 0 Å². The fourth-order valence-electron chi connectivity index (χ4n) is 2.71. The number of ether oxygens (including phenoxy) is 1. The molecule has 2 heteroatoms. The Labute approximate surface area is 109 Å². The van der Waals surface area contributed by atoms with Crippen LogP contribution >= 0.6 is 0 Å². The lowest BCUT2D eigenvalue weighted by Gasteiger charge is -2.27. The Morgan fingerprint density at radius 2 is 1.94 bits per heavy atom. The van der Waals surface area contributed by atoms with E-state index in [1.807, 2.05) is 30.3 Å². The van der Waals surface area contributed by atoms with Gasteiger partial charge in [-0.2, -0.15) is 0 Å². The molecule has 1 aromatic rings. The quantitative estimate of drug-likeness (QED) is 0.752. The smallest absolute Gasteiger partial charge is 0.306 e. The predicted molar refractivity (Wildman–Crippen MR) is 72.0 cm³/mol. The molecule has 0 heterocycles. The van der Waals surface area contributed by atoms with E-state index in [9.17, 15) is 4.79 Å². The largest absolute Gasteiger partial charge is 0.461 e. The maximum Gasteiger partial charge on any atom is 0.306 e. The summed E-state index contributed by atoms with van der Waals surface area (Å²) in [6.07, 6.45) is 5.62. The van der Waals surface area contributed by atoms with Crippen molar-refractivity contribution in [2.75, 3.05) is 0 Å². The molecule has 2 rings (SSSR count). The summed E-state index contributed by atoms with van der Waals surface area (Å²) in [7, 11) is 0. The Kier molecular flexibility index (Phi) is 4.80. The van der Waals surface area contributed by atoms with Crippen LogP contribution in [0.25, 0.3) is 0 Å². The molecule has 1 aliphatic carbocycles. The zero-order valence-corrected chi connectivity index (χ0v) is 11.1. The number of hydrogen-bond acceptors (Lipinski definition) is 2. The summed E-state index contributed by atoms with van der Waals surface area (Å²) in [5.74, 6) is 1.16. The lowest BCUT2D eigenvalue weighted by atomic mass is 9.79. The molecule has 0 aromatic heterocycles. The third kappa shape index (κ3) is 3.86. The van der Waals surface area contributed by atoms with Gasteiger partial charge in [-0.3, -0.25) is 4.79 Å². The minimum Gasteiger partial charge on any atom is -0.461 e. The van der Waals surface area contributed by atoms with Gasteiger partial charge in [0.05, 0.1) is 0 Å². The van der Waals surface area contributed by atoms with Crippen molar-refractivity contribution in [2.24, 2.45) is 11.8 Å². The fraction of sp³-hybridized carbons (Fsp3) is 0.562. The fourth-order valence-corrected chi connectivity index (χ4v) is 2.71. The number of rotatable bonds is 4. The highest BCUT2D eigenvalue weighted by Gasteiger charge is 2.24. The lowest BCUT2D eigenvalue weighted by molar-refractivity contribution is -0.146. The molecule has 1 aromatic carbocycles. The van der Waals surface area contributed by atoms with Gasteiger partial charge < -0.3 is 4.74 Å². The summed E-state index contributed by atoms with van der Waals surface area (Å²) < 4.78 is 5.34. The molecule has 1 saturated carbocycles. The molecule has 0 amide bonds. The van der Waals surface area contributed by atoms with Crippen molar-refractivity contribution in [2.45, 2.75) is 45.6 Å². The third-order valence-corrected chi connectivity index (χ3v) is 3.96. The van der Waals surface area contributed by atoms with Crippen LogP contribution in [0.15, 0.2) is 30.3 Å². The molecule has 0 spiro atoms. The first kappa shape index (κ1) is 13.1. The van der Waals surface area contributed by atoms with Crippen LogP contribution in [0.5, 0.6) is 0 Å². The second kappa shape index (κ2) is 6.58. The van der Waals surface area contributed by atoms with E-state index < -0.39 is 0 Å². The van der Waals surface area contributed by atoms with Gasteiger partial charge in [0.1, 0.15) is 6.61 Å². The van der Waals surface area contributed by atoms with Gasteiger partial charge in [0.2, 0.25) is 0 Å². The van der Waals surface area contributed by atoms with E-state index in [1.54, 1.807) is 0 Å². The van der Waals surface area contributed by atoms with Crippen LogP contribution in [0.3, 0.4) is 0 Å². The van der Waals surface area contributed by atoms with Gasteiger partial charge in [-0.25, -0.2) is 0 Å². The average Bonchev–Trinajstić information content (AvgIpc) is 2.40. The highest BCUT2D eigenvalue weighted by Crippen LogP contribution is 2.32. The highest BCUT2D eigenvalue weighted by atomic mass is 16.5. The Hall–Kier alpha value is -1.31. The predicted octanol–water partition coefficient (Wildman–Crippen LogP) is 3.95. The van der Waals surface area contributed by atoms with E-state index in [2.05, 4.69) is 6.92 Å². The molecule has 0 radical (unpaired) electrons. The Balaban J connectivity index is 1.75. The van der Waals surface area contributed by atoms with Crippen molar-refractivity contribution >= 4 is 5.97 Å². The van der Waals surface area contributed by atoms with Crippen molar-refractivity contribution in [3.63, 3.8) is 0 Å². The number of esters is 1. The highest BCUT2D eigenvalue weighted by molar-refractivity contribution is 5.69. The molecule has 0 bridgehead atoms. The van der Waals surface area contributed by atoms with Crippen molar-refractivity contribution in [3.05, 3.63) is 35.9 Å². The second-order valence-electron chi connectivity index (χ2n) is 5.37. The van der Waals surface area contributed by atoms with Gasteiger partial charge in [0, 0.05) is 6.42 Å². The molecule has 2 atom stereocenters. The van der Waals surface area contributed by atoms with Gasteiger partial charge in [0.25, 0.3) is 0 Å². The van der Waals surface area contributed by atoms with Crippen molar-refractivity contribution < 1.29 is 9.53 Å². The van der Waals surface area contributed by atoms with E-state index in [0.717, 1.165) is 5.56 Å². The van der Waals surface area contributed by atoms with Crippen molar-refractivity contribution in [1.29, 1.82) is 0 Å². The monoisotopic (exact) mass is 246 g/mol. The minimum absolute atomic E-state index is 0.0439. The van der Waals surface area contributed by atoms with E-state index in [-0.39, 0.29) is 5.97 Å². The van der Waals surface area contributed by atoms with Crippen LogP contribution in [-0.4, -0.2) is 5.97 Å². The van der Waals surface area contributed by atoms with Gasteiger partial charge in [-0.05, 0) is 23.8 Å². The lowest BCUT2D eigenvalue weighted by Crippen LogP contribution is -2.21. The number of carbonyl (C=O) groups excluding carboxylic acids is 1. The standard InChI is InChI=1S/C16H22O2/c1-13-7-5-6-10-15(13)11-16(17)18-12-14-8-3-2-4-9-14/h2-4,8-9,13,15H,5-7,10-12H2,1H3. The summed E-state index contributed by atoms with van der Waals surface area (Å²) in [5, 5.41) is 0.